The van der Waals surface area contributed by atoms with Gasteiger partial charge in [-0.05, 0) is 124 Å². The summed E-state index contributed by atoms with van der Waals surface area (Å²) in [4.78, 5) is 126. The number of piperidine rings is 1. The van der Waals surface area contributed by atoms with Crippen LogP contribution in [0.1, 0.15) is 153 Å². The van der Waals surface area contributed by atoms with Crippen LogP contribution < -0.4 is 37.1 Å². The van der Waals surface area contributed by atoms with Crippen molar-refractivity contribution in [1.29, 1.82) is 0 Å². The highest BCUT2D eigenvalue weighted by Crippen LogP contribution is 2.48. The number of likely N-dealkylation sites (N-methyl/N-ethyl adjacent to an activating group) is 2. The summed E-state index contributed by atoms with van der Waals surface area (Å²) in [5.74, 6) is -2.03. The number of β-amino-alcohol motifs (C(OH)–C–C–N with tert-alkyl or cyclic N) is 1. The number of aromatic hydroxyl groups is 1. The first-order valence-corrected chi connectivity index (χ1v) is 39.8. The first kappa shape index (κ1) is 90.8. The molecule has 27 nitrogen and oxygen atoms in total. The smallest absolute Gasteiger partial charge is 0.328 e. The molecule has 0 spiro atoms. The van der Waals surface area contributed by atoms with Crippen LogP contribution in [0.25, 0.3) is 16.1 Å². The number of aromatic nitrogens is 1. The number of urea groups is 1. The lowest BCUT2D eigenvalue weighted by Gasteiger charge is -2.38. The van der Waals surface area contributed by atoms with Crippen molar-refractivity contribution < 1.29 is 72.7 Å². The van der Waals surface area contributed by atoms with Gasteiger partial charge in [-0.3, -0.25) is 54.0 Å². The maximum absolute atomic E-state index is 14.4. The van der Waals surface area contributed by atoms with E-state index in [4.69, 9.17) is 10.5 Å². The van der Waals surface area contributed by atoms with Gasteiger partial charge in [-0.15, -0.1) is 11.3 Å². The molecule has 116 heavy (non-hydrogen) atoms. The van der Waals surface area contributed by atoms with Gasteiger partial charge in [0.1, 0.15) is 36.9 Å². The number of hydrogen-bond acceptors (Lipinski definition) is 20. The lowest BCUT2D eigenvalue weighted by Crippen LogP contribution is -2.55. The maximum atomic E-state index is 14.4. The average Bonchev–Trinajstić information content (AvgIpc) is 1.60. The number of rotatable bonds is 20. The molecule has 4 fully saturated rings. The number of methoxy groups -OCH3 is 2. The van der Waals surface area contributed by atoms with Crippen molar-refractivity contribution in [2.24, 2.45) is 17.1 Å². The zero-order valence-electron chi connectivity index (χ0n) is 69.0. The third-order valence-electron chi connectivity index (χ3n) is 20.4. The minimum Gasteiger partial charge on any atom is -0.504 e. The van der Waals surface area contributed by atoms with Gasteiger partial charge in [-0.1, -0.05) is 180 Å². The van der Waals surface area contributed by atoms with Crippen LogP contribution in [0.15, 0.2) is 158 Å². The number of hydrogen-bond donors (Lipinski definition) is 9. The van der Waals surface area contributed by atoms with Crippen molar-refractivity contribution in [2.75, 3.05) is 61.6 Å². The fourth-order valence-corrected chi connectivity index (χ4v) is 15.2. The molecule has 4 saturated heterocycles. The number of phenolic OH excluding ortho intramolecular Hbond substituents is 1. The molecule has 10 N–H and O–H groups in total. The third-order valence-corrected chi connectivity index (χ3v) is 21.4. The molecule has 0 bridgehead atoms. The number of carbonyl (C=O) groups is 9. The number of thiazole rings is 1. The highest BCUT2D eigenvalue weighted by atomic mass is 32.1. The molecule has 622 valence electrons. The van der Waals surface area contributed by atoms with Crippen LogP contribution in [0.2, 0.25) is 0 Å². The van der Waals surface area contributed by atoms with E-state index < -0.39 is 66.4 Å². The van der Waals surface area contributed by atoms with Crippen molar-refractivity contribution in [3.63, 3.8) is 0 Å². The van der Waals surface area contributed by atoms with Crippen LogP contribution in [-0.2, 0) is 56.0 Å². The predicted molar refractivity (Wildman–Crippen MR) is 445 cm³/mol. The van der Waals surface area contributed by atoms with Crippen molar-refractivity contribution in [3.05, 3.63) is 213 Å². The number of nitrogens with zero attached hydrogens (tertiary/aromatic N) is 6. The standard InChI is InChI=1S/C32H38N4O4.C23H32N4O3S.C17H26N2O4.C14H12N2O3.C2H6O/c1-20(2)40-27-18-25(14-15-26(27)37)31-33-29(23-10-6-21(3)7-11-23)30(24-12-8-22(4)9-13-24)36(31)32(39)35-17-16-34(5)28(38)19-35;1-14-19(31-13-26-14)16-8-6-15(7-9-16)11-25-21(29)18-10-17(28)12-27(18)22(30)20(24-5)23(2,3)4;1-11(2)9-14(17(22)23-3)19-16(21)15(20)13(18)10-12-7-5-4-6-8-12;1-8-9-4-2-3-5-10(9)14(19)16(8)11-6-7-12(17)15-13(11)18;1-3-2/h6-15,18,20,29-31,33,37H,16-17,19H2,1-5H3;6-9,13,17-18,20,24,28H,10-12H2,1-5H3,(H,25,29);4-8,11,13-15,20H,9-10,18H2,1-3H3,(H,19,21);2-5,11H,1,6-7H2,(H,15,17,18);1-2H3/t29-,30+,31?;17-,18+,20-;13-,14+,15+;;/m011../s1. The van der Waals surface area contributed by atoms with E-state index in [1.54, 1.807) is 79.8 Å². The summed E-state index contributed by atoms with van der Waals surface area (Å²) in [6, 6.07) is 42.3. The Kier molecular flexibility index (Phi) is 32.7. The van der Waals surface area contributed by atoms with Gasteiger partial charge < -0.3 is 65.9 Å². The molecular weight excluding hydrogens is 1500 g/mol. The number of likely N-dealkylation sites (tertiary alicyclic amines) is 1. The molecule has 28 heteroatoms. The van der Waals surface area contributed by atoms with E-state index in [-0.39, 0.29) is 96.8 Å². The van der Waals surface area contributed by atoms with Gasteiger partial charge in [-0.2, -0.15) is 0 Å². The Morgan fingerprint density at radius 3 is 1.97 bits per heavy atom. The Labute approximate surface area is 684 Å². The second-order valence-corrected chi connectivity index (χ2v) is 32.2. The van der Waals surface area contributed by atoms with E-state index in [1.165, 1.54) is 16.9 Å². The number of piperazine rings is 1. The van der Waals surface area contributed by atoms with Crippen LogP contribution in [0.4, 0.5) is 4.79 Å². The Balaban J connectivity index is 0.000000198. The Morgan fingerprint density at radius 2 is 1.41 bits per heavy atom. The van der Waals surface area contributed by atoms with Crippen molar-refractivity contribution in [1.82, 2.24) is 56.1 Å². The van der Waals surface area contributed by atoms with Crippen LogP contribution >= 0.6 is 11.3 Å². The van der Waals surface area contributed by atoms with Crippen molar-refractivity contribution >= 4 is 70.4 Å². The number of nitrogens with one attached hydrogen (secondary N) is 5. The Hall–Kier alpha value is -10.7. The zero-order chi connectivity index (χ0) is 85.0. The first-order chi connectivity index (χ1) is 55.1. The quantitative estimate of drug-likeness (QED) is 0.0253. The molecule has 5 aliphatic heterocycles. The van der Waals surface area contributed by atoms with Crippen molar-refractivity contribution in [2.45, 2.75) is 175 Å². The number of esters is 1. The minimum absolute atomic E-state index is 0.0334. The van der Waals surface area contributed by atoms with Gasteiger partial charge in [0.15, 0.2) is 11.5 Å². The fraction of sp³-hybridized carbons (Fsp3) is 0.432. The minimum atomic E-state index is -1.39. The monoisotopic (exact) mass is 1610 g/mol. The number of fused-ring (bicyclic) bond motifs is 1. The number of nitrogens with two attached hydrogens (primary N) is 1. The molecule has 6 heterocycles. The summed E-state index contributed by atoms with van der Waals surface area (Å²) in [5, 5.41) is 45.3. The van der Waals surface area contributed by atoms with Crippen LogP contribution in [0.3, 0.4) is 0 Å². The van der Waals surface area contributed by atoms with Gasteiger partial charge in [-0.25, -0.2) is 14.6 Å². The molecule has 2 unspecified atom stereocenters. The van der Waals surface area contributed by atoms with Crippen LogP contribution in [0.5, 0.6) is 11.5 Å². The molecule has 0 radical (unpaired) electrons. The number of ether oxygens (including phenoxy) is 3. The van der Waals surface area contributed by atoms with Gasteiger partial charge in [0.25, 0.3) is 11.8 Å². The summed E-state index contributed by atoms with van der Waals surface area (Å²) >= 11 is 1.61. The number of carbonyl (C=O) groups excluding carboxylic acids is 9. The topological polar surface area (TPSA) is 357 Å². The largest absolute Gasteiger partial charge is 0.504 e. The van der Waals surface area contributed by atoms with Gasteiger partial charge in [0.2, 0.25) is 29.5 Å². The highest BCUT2D eigenvalue weighted by Gasteiger charge is 2.49. The number of amides is 9. The number of aliphatic hydroxyl groups is 2. The van der Waals surface area contributed by atoms with E-state index in [1.807, 2.05) is 139 Å². The number of phenols is 1. The Morgan fingerprint density at radius 1 is 0.793 bits per heavy atom. The number of aliphatic hydroxyl groups excluding tert-OH is 2. The number of benzene rings is 6. The van der Waals surface area contributed by atoms with E-state index >= 15 is 0 Å². The van der Waals surface area contributed by atoms with Crippen LogP contribution in [-0.4, -0.2) is 208 Å². The lowest BCUT2D eigenvalue weighted by molar-refractivity contribution is -0.147. The summed E-state index contributed by atoms with van der Waals surface area (Å²) < 4.78 is 14.8. The van der Waals surface area contributed by atoms with Crippen molar-refractivity contribution in [3.8, 4) is 21.9 Å². The van der Waals surface area contributed by atoms with E-state index in [9.17, 15) is 58.5 Å². The summed E-state index contributed by atoms with van der Waals surface area (Å²) in [7, 11) is 8.02. The molecule has 9 amide bonds. The molecule has 0 saturated carbocycles. The molecule has 0 aliphatic carbocycles. The third kappa shape index (κ3) is 23.5. The summed E-state index contributed by atoms with van der Waals surface area (Å²) in [5.41, 5.74) is 18.4. The van der Waals surface area contributed by atoms with E-state index in [0.717, 1.165) is 60.6 Å². The predicted octanol–water partition coefficient (Wildman–Crippen LogP) is 9.21. The van der Waals surface area contributed by atoms with Gasteiger partial charge in [0, 0.05) is 83.2 Å². The molecule has 1 aromatic heterocycles. The highest BCUT2D eigenvalue weighted by molar-refractivity contribution is 7.13. The molecule has 6 aromatic carbocycles. The second-order valence-electron chi connectivity index (χ2n) is 31.4. The number of imide groups is 1. The summed E-state index contributed by atoms with van der Waals surface area (Å²) in [6.45, 7) is 25.1. The van der Waals surface area contributed by atoms with Gasteiger partial charge >= 0.3 is 12.0 Å². The Bertz CT molecular complexity index is 4500. The molecular formula is C88H114N12O15S. The maximum Gasteiger partial charge on any atom is 0.328 e. The second kappa shape index (κ2) is 41.7. The fourth-order valence-electron chi connectivity index (χ4n) is 14.3. The molecule has 7 aromatic rings. The number of aryl methyl sites for hydroxylation is 3. The normalized spacial score (nSPS) is 19.5. The summed E-state index contributed by atoms with van der Waals surface area (Å²) in [6.07, 6.45) is -1.13. The molecule has 12 rings (SSSR count). The van der Waals surface area contributed by atoms with Gasteiger partial charge in [0.05, 0.1) is 53.5 Å². The SMILES string of the molecule is C=C1c2ccccc2C(=O)N1C1CCC(=O)NC1=O.CN[C@H](C(=O)N1C[C@H](O)C[C@H]1C(=O)NCc1ccc(-c2scnc2C)cc1)C(C)(C)C.COC.COC(=O)[C@H](CC(C)C)NC(=O)[C@@H](O)[C@H](N)Cc1ccccc1.Cc1ccc([C@@H]2[C@H](c3ccc(C)cc3)NC(c3ccc(O)c(OC(C)C)c3)N2C(=O)N2CCN(C)C(=O)C2)cc1. The first-order valence-electron chi connectivity index (χ1n) is 38.9. The molecule has 5 aliphatic rings. The lowest BCUT2D eigenvalue weighted by atomic mass is 9.86. The van der Waals surface area contributed by atoms with E-state index in [2.05, 4.69) is 103 Å². The van der Waals surface area contributed by atoms with E-state index in [0.29, 0.717) is 55.9 Å². The average molecular weight is 1610 g/mol. The zero-order valence-corrected chi connectivity index (χ0v) is 69.9. The van der Waals surface area contributed by atoms with Crippen LogP contribution in [0, 0.1) is 32.1 Å². The molecule has 10 atom stereocenters.